The molecule has 4 rings (SSSR count). The Balaban J connectivity index is 1.48. The fourth-order valence-corrected chi connectivity index (χ4v) is 3.67. The summed E-state index contributed by atoms with van der Waals surface area (Å²) in [5.41, 5.74) is 3.37. The molecule has 0 N–H and O–H groups in total. The molecule has 3 aromatic rings. The van der Waals surface area contributed by atoms with Gasteiger partial charge in [0.2, 0.25) is 11.9 Å². The third-order valence-electron chi connectivity index (χ3n) is 5.47. The molecule has 0 bridgehead atoms. The minimum Gasteiger partial charge on any atom is -0.493 e. The number of para-hydroxylation sites is 1. The molecule has 1 atom stereocenters. The van der Waals surface area contributed by atoms with Crippen LogP contribution in [0.25, 0.3) is 11.1 Å². The van der Waals surface area contributed by atoms with Crippen molar-refractivity contribution >= 4 is 11.9 Å². The number of morpholine rings is 1. The Hall–Kier alpha value is -3.59. The maximum absolute atomic E-state index is 12.9. The molecule has 2 aromatic heterocycles. The predicted molar refractivity (Wildman–Crippen MR) is 124 cm³/mol. The highest BCUT2D eigenvalue weighted by Crippen LogP contribution is 2.31. The largest absolute Gasteiger partial charge is 0.493 e. The van der Waals surface area contributed by atoms with E-state index in [1.807, 2.05) is 55.1 Å². The minimum atomic E-state index is -0.378. The van der Waals surface area contributed by atoms with E-state index >= 15 is 0 Å². The Morgan fingerprint density at radius 3 is 2.76 bits per heavy atom. The van der Waals surface area contributed by atoms with Crippen molar-refractivity contribution in [1.29, 1.82) is 0 Å². The van der Waals surface area contributed by atoms with Crippen LogP contribution in [0.1, 0.15) is 23.8 Å². The first-order chi connectivity index (χ1) is 16.0. The standard InChI is InChI=1S/C24H28N6O3/c1-17-6-4-5-7-20(17)32-10-8-22(31)30-9-11-33-21(15-30)23-19(18-12-25-16-26-13-18)14-27-24(28-23)29(2)3/h4-7,12-14,16,21H,8-11,15H2,1-3H3. The second-order valence-corrected chi connectivity index (χ2v) is 8.05. The smallest absolute Gasteiger partial charge is 0.226 e. The van der Waals surface area contributed by atoms with E-state index in [4.69, 9.17) is 14.5 Å². The molecule has 0 aliphatic carbocycles. The van der Waals surface area contributed by atoms with Crippen LogP contribution >= 0.6 is 0 Å². The quantitative estimate of drug-likeness (QED) is 0.545. The minimum absolute atomic E-state index is 0.0309. The number of aromatic nitrogens is 4. The average molecular weight is 449 g/mol. The van der Waals surface area contributed by atoms with E-state index in [2.05, 4.69) is 15.0 Å². The number of hydrogen-bond acceptors (Lipinski definition) is 8. The number of ether oxygens (including phenoxy) is 2. The SMILES string of the molecule is Cc1ccccc1OCCC(=O)N1CCOC(c2nc(N(C)C)ncc2-c2cncnc2)C1. The Kier molecular flexibility index (Phi) is 7.09. The lowest BCUT2D eigenvalue weighted by atomic mass is 10.0. The second kappa shape index (κ2) is 10.4. The molecule has 0 radical (unpaired) electrons. The van der Waals surface area contributed by atoms with E-state index in [1.54, 1.807) is 18.6 Å². The summed E-state index contributed by atoms with van der Waals surface area (Å²) in [5, 5.41) is 0. The molecule has 0 saturated carbocycles. The molecular formula is C24H28N6O3. The van der Waals surface area contributed by atoms with Gasteiger partial charge in [0.05, 0.1) is 31.9 Å². The Morgan fingerprint density at radius 2 is 2.00 bits per heavy atom. The summed E-state index contributed by atoms with van der Waals surface area (Å²) in [6.07, 6.45) is 6.61. The number of rotatable bonds is 7. The monoisotopic (exact) mass is 448 g/mol. The summed E-state index contributed by atoms with van der Waals surface area (Å²) < 4.78 is 11.9. The van der Waals surface area contributed by atoms with Gasteiger partial charge in [0.1, 0.15) is 18.2 Å². The fourth-order valence-electron chi connectivity index (χ4n) is 3.67. The topological polar surface area (TPSA) is 93.6 Å². The second-order valence-electron chi connectivity index (χ2n) is 8.05. The van der Waals surface area contributed by atoms with Crippen LogP contribution in [0, 0.1) is 6.92 Å². The molecule has 1 aromatic carbocycles. The Labute approximate surface area is 193 Å². The first kappa shape index (κ1) is 22.6. The van der Waals surface area contributed by atoms with Gasteiger partial charge in [-0.3, -0.25) is 4.79 Å². The molecule has 1 unspecified atom stereocenters. The average Bonchev–Trinajstić information content (AvgIpc) is 2.85. The number of benzene rings is 1. The Morgan fingerprint density at radius 1 is 1.21 bits per heavy atom. The molecule has 1 aliphatic rings. The van der Waals surface area contributed by atoms with Gasteiger partial charge < -0.3 is 19.3 Å². The molecule has 1 aliphatic heterocycles. The van der Waals surface area contributed by atoms with Crippen molar-refractivity contribution < 1.29 is 14.3 Å². The van der Waals surface area contributed by atoms with Crippen molar-refractivity contribution in [2.75, 3.05) is 45.3 Å². The van der Waals surface area contributed by atoms with Crippen molar-refractivity contribution in [3.63, 3.8) is 0 Å². The normalized spacial score (nSPS) is 15.8. The fraction of sp³-hybridized carbons (Fsp3) is 0.375. The molecule has 0 spiro atoms. The van der Waals surface area contributed by atoms with Crippen LogP contribution in [0.4, 0.5) is 5.95 Å². The third-order valence-corrected chi connectivity index (χ3v) is 5.47. The number of nitrogens with zero attached hydrogens (tertiary/aromatic N) is 6. The van der Waals surface area contributed by atoms with Gasteiger partial charge in [-0.1, -0.05) is 18.2 Å². The highest BCUT2D eigenvalue weighted by atomic mass is 16.5. The van der Waals surface area contributed by atoms with E-state index in [1.165, 1.54) is 6.33 Å². The van der Waals surface area contributed by atoms with Crippen molar-refractivity contribution in [2.24, 2.45) is 0 Å². The van der Waals surface area contributed by atoms with Crippen molar-refractivity contribution in [3.05, 3.63) is 60.4 Å². The van der Waals surface area contributed by atoms with Gasteiger partial charge in [-0.15, -0.1) is 0 Å². The third kappa shape index (κ3) is 5.43. The number of amides is 1. The lowest BCUT2D eigenvalue weighted by Gasteiger charge is -2.33. The molecule has 1 amide bonds. The van der Waals surface area contributed by atoms with Gasteiger partial charge in [0.25, 0.3) is 0 Å². The first-order valence-corrected chi connectivity index (χ1v) is 10.9. The highest BCUT2D eigenvalue weighted by Gasteiger charge is 2.29. The molecule has 3 heterocycles. The zero-order chi connectivity index (χ0) is 23.2. The predicted octanol–water partition coefficient (Wildman–Crippen LogP) is 2.68. The van der Waals surface area contributed by atoms with Gasteiger partial charge in [0, 0.05) is 50.4 Å². The summed E-state index contributed by atoms with van der Waals surface area (Å²) >= 11 is 0. The zero-order valence-electron chi connectivity index (χ0n) is 19.1. The number of carbonyl (C=O) groups is 1. The van der Waals surface area contributed by atoms with Crippen molar-refractivity contribution in [3.8, 4) is 16.9 Å². The molecule has 33 heavy (non-hydrogen) atoms. The number of aryl methyl sites for hydroxylation is 1. The van der Waals surface area contributed by atoms with Crippen LogP contribution in [0.3, 0.4) is 0 Å². The van der Waals surface area contributed by atoms with Crippen LogP contribution < -0.4 is 9.64 Å². The van der Waals surface area contributed by atoms with Crippen LogP contribution in [0.15, 0.2) is 49.2 Å². The first-order valence-electron chi connectivity index (χ1n) is 10.9. The summed E-state index contributed by atoms with van der Waals surface area (Å²) in [6.45, 7) is 3.70. The summed E-state index contributed by atoms with van der Waals surface area (Å²) in [4.78, 5) is 34.0. The van der Waals surface area contributed by atoms with Gasteiger partial charge in [0.15, 0.2) is 0 Å². The van der Waals surface area contributed by atoms with Crippen molar-refractivity contribution in [2.45, 2.75) is 19.4 Å². The lowest BCUT2D eigenvalue weighted by molar-refractivity contribution is -0.139. The van der Waals surface area contributed by atoms with E-state index in [9.17, 15) is 4.79 Å². The molecule has 172 valence electrons. The molecular weight excluding hydrogens is 420 g/mol. The molecule has 1 saturated heterocycles. The van der Waals surface area contributed by atoms with Gasteiger partial charge >= 0.3 is 0 Å². The van der Waals surface area contributed by atoms with Gasteiger partial charge in [-0.05, 0) is 18.6 Å². The lowest BCUT2D eigenvalue weighted by Crippen LogP contribution is -2.43. The van der Waals surface area contributed by atoms with Crippen LogP contribution in [0.2, 0.25) is 0 Å². The van der Waals surface area contributed by atoms with Crippen molar-refractivity contribution in [1.82, 2.24) is 24.8 Å². The highest BCUT2D eigenvalue weighted by molar-refractivity contribution is 5.76. The van der Waals surface area contributed by atoms with E-state index in [0.717, 1.165) is 28.1 Å². The molecule has 9 nitrogen and oxygen atoms in total. The van der Waals surface area contributed by atoms with E-state index in [0.29, 0.717) is 38.7 Å². The summed E-state index contributed by atoms with van der Waals surface area (Å²) in [7, 11) is 3.77. The summed E-state index contributed by atoms with van der Waals surface area (Å²) in [6, 6.07) is 7.79. The number of hydrogen-bond donors (Lipinski definition) is 0. The van der Waals surface area contributed by atoms with Crippen LogP contribution in [-0.2, 0) is 9.53 Å². The van der Waals surface area contributed by atoms with Crippen LogP contribution in [-0.4, -0.2) is 71.1 Å². The maximum Gasteiger partial charge on any atom is 0.226 e. The number of anilines is 1. The molecule has 1 fully saturated rings. The zero-order valence-corrected chi connectivity index (χ0v) is 19.1. The van der Waals surface area contributed by atoms with E-state index < -0.39 is 0 Å². The summed E-state index contributed by atoms with van der Waals surface area (Å²) in [5.74, 6) is 1.41. The van der Waals surface area contributed by atoms with Crippen LogP contribution in [0.5, 0.6) is 5.75 Å². The van der Waals surface area contributed by atoms with Gasteiger partial charge in [-0.25, -0.2) is 19.9 Å². The van der Waals surface area contributed by atoms with E-state index in [-0.39, 0.29) is 12.0 Å². The Bertz CT molecular complexity index is 1090. The van der Waals surface area contributed by atoms with Gasteiger partial charge in [-0.2, -0.15) is 0 Å². The maximum atomic E-state index is 12.9. The number of carbonyl (C=O) groups excluding carboxylic acids is 1. The molecule has 9 heteroatoms.